The van der Waals surface area contributed by atoms with E-state index in [-0.39, 0.29) is 11.0 Å². The highest BCUT2D eigenvalue weighted by Crippen LogP contribution is 2.28. The first kappa shape index (κ1) is 19.4. The molecule has 1 aromatic carbocycles. The fourth-order valence-electron chi connectivity index (χ4n) is 3.25. The molecule has 0 aliphatic heterocycles. The zero-order valence-corrected chi connectivity index (χ0v) is 17.0. The van der Waals surface area contributed by atoms with Crippen LogP contribution in [0.25, 0.3) is 22.2 Å². The molecular formula is C21H22N8O. The SMILES string of the molecule is CNc1ncc(-c2cc(NCC(C)(C)c3cccc4c(=O)[nH]cnc34)ncn2)cn1. The van der Waals surface area contributed by atoms with E-state index in [1.807, 2.05) is 18.2 Å². The fraction of sp³-hybridized carbons (Fsp3) is 0.238. The van der Waals surface area contributed by atoms with Crippen molar-refractivity contribution in [3.05, 3.63) is 65.2 Å². The van der Waals surface area contributed by atoms with Gasteiger partial charge in [-0.25, -0.2) is 24.9 Å². The van der Waals surface area contributed by atoms with E-state index in [9.17, 15) is 4.79 Å². The van der Waals surface area contributed by atoms with Crippen molar-refractivity contribution in [3.63, 3.8) is 0 Å². The Labute approximate surface area is 173 Å². The maximum absolute atomic E-state index is 12.1. The van der Waals surface area contributed by atoms with E-state index in [1.54, 1.807) is 25.5 Å². The summed E-state index contributed by atoms with van der Waals surface area (Å²) in [7, 11) is 1.77. The first-order valence-electron chi connectivity index (χ1n) is 9.51. The molecule has 30 heavy (non-hydrogen) atoms. The quantitative estimate of drug-likeness (QED) is 0.450. The highest BCUT2D eigenvalue weighted by atomic mass is 16.1. The molecule has 3 heterocycles. The van der Waals surface area contributed by atoms with Gasteiger partial charge >= 0.3 is 0 Å². The van der Waals surface area contributed by atoms with Gasteiger partial charge in [0.05, 0.1) is 22.9 Å². The van der Waals surface area contributed by atoms with Gasteiger partial charge in [-0.1, -0.05) is 26.0 Å². The van der Waals surface area contributed by atoms with Gasteiger partial charge in [0.15, 0.2) is 0 Å². The molecule has 4 aromatic rings. The van der Waals surface area contributed by atoms with Gasteiger partial charge in [0.25, 0.3) is 5.56 Å². The minimum absolute atomic E-state index is 0.141. The maximum Gasteiger partial charge on any atom is 0.258 e. The molecule has 0 saturated carbocycles. The fourth-order valence-corrected chi connectivity index (χ4v) is 3.25. The first-order valence-corrected chi connectivity index (χ1v) is 9.51. The summed E-state index contributed by atoms with van der Waals surface area (Å²) < 4.78 is 0. The molecule has 0 saturated heterocycles. The van der Waals surface area contributed by atoms with Gasteiger partial charge in [-0.2, -0.15) is 0 Å². The van der Waals surface area contributed by atoms with Crippen LogP contribution >= 0.6 is 0 Å². The molecule has 3 aromatic heterocycles. The second-order valence-electron chi connectivity index (χ2n) is 7.50. The number of anilines is 2. The summed E-state index contributed by atoms with van der Waals surface area (Å²) in [5.74, 6) is 1.24. The molecule has 0 fully saturated rings. The summed E-state index contributed by atoms with van der Waals surface area (Å²) in [4.78, 5) is 36.2. The van der Waals surface area contributed by atoms with E-state index in [1.165, 1.54) is 12.7 Å². The largest absolute Gasteiger partial charge is 0.369 e. The van der Waals surface area contributed by atoms with Crippen LogP contribution in [0.1, 0.15) is 19.4 Å². The first-order chi connectivity index (χ1) is 14.5. The summed E-state index contributed by atoms with van der Waals surface area (Å²) in [5.41, 5.74) is 2.78. The lowest BCUT2D eigenvalue weighted by atomic mass is 9.83. The Morgan fingerprint density at radius 2 is 1.87 bits per heavy atom. The van der Waals surface area contributed by atoms with Crippen molar-refractivity contribution in [2.75, 3.05) is 24.2 Å². The second kappa shape index (κ2) is 7.86. The summed E-state index contributed by atoms with van der Waals surface area (Å²) in [6, 6.07) is 7.53. The normalized spacial score (nSPS) is 11.4. The van der Waals surface area contributed by atoms with Crippen molar-refractivity contribution in [1.82, 2.24) is 29.9 Å². The number of aromatic amines is 1. The third kappa shape index (κ3) is 3.82. The molecule has 3 N–H and O–H groups in total. The third-order valence-electron chi connectivity index (χ3n) is 4.95. The highest BCUT2D eigenvalue weighted by Gasteiger charge is 2.24. The van der Waals surface area contributed by atoms with Gasteiger partial charge in [0, 0.05) is 43.0 Å². The number of nitrogens with zero attached hydrogens (tertiary/aromatic N) is 5. The van der Waals surface area contributed by atoms with Gasteiger partial charge < -0.3 is 15.6 Å². The maximum atomic E-state index is 12.1. The number of H-pyrrole nitrogens is 1. The molecule has 0 amide bonds. The number of aromatic nitrogens is 6. The number of rotatable bonds is 6. The molecule has 0 bridgehead atoms. The van der Waals surface area contributed by atoms with Crippen molar-refractivity contribution < 1.29 is 0 Å². The molecule has 152 valence electrons. The minimum atomic E-state index is -0.303. The van der Waals surface area contributed by atoms with Gasteiger partial charge in [-0.3, -0.25) is 4.79 Å². The van der Waals surface area contributed by atoms with Crippen molar-refractivity contribution in [2.45, 2.75) is 19.3 Å². The summed E-state index contributed by atoms with van der Waals surface area (Å²) >= 11 is 0. The van der Waals surface area contributed by atoms with Gasteiger partial charge in [0.1, 0.15) is 12.1 Å². The Bertz CT molecular complexity index is 1230. The van der Waals surface area contributed by atoms with Crippen LogP contribution in [0.2, 0.25) is 0 Å². The molecule has 0 unspecified atom stereocenters. The molecule has 4 rings (SSSR count). The molecule has 0 aliphatic rings. The number of benzene rings is 1. The van der Waals surface area contributed by atoms with Crippen molar-refractivity contribution >= 4 is 22.7 Å². The van der Waals surface area contributed by atoms with Gasteiger partial charge in [-0.15, -0.1) is 0 Å². The zero-order chi connectivity index (χ0) is 21.1. The lowest BCUT2D eigenvalue weighted by molar-refractivity contribution is 0.560. The number of nitrogens with one attached hydrogen (secondary N) is 3. The lowest BCUT2D eigenvalue weighted by Gasteiger charge is -2.26. The third-order valence-corrected chi connectivity index (χ3v) is 4.95. The number of hydrogen-bond acceptors (Lipinski definition) is 8. The minimum Gasteiger partial charge on any atom is -0.369 e. The number of hydrogen-bond donors (Lipinski definition) is 3. The predicted octanol–water partition coefficient (Wildman–Crippen LogP) is 2.60. The van der Waals surface area contributed by atoms with Crippen LogP contribution in [0.3, 0.4) is 0 Å². The summed E-state index contributed by atoms with van der Waals surface area (Å²) in [6.45, 7) is 4.79. The highest BCUT2D eigenvalue weighted by molar-refractivity contribution is 5.81. The Kier molecular flexibility index (Phi) is 5.09. The Morgan fingerprint density at radius 1 is 1.07 bits per heavy atom. The predicted molar refractivity (Wildman–Crippen MR) is 116 cm³/mol. The molecule has 9 nitrogen and oxygen atoms in total. The van der Waals surface area contributed by atoms with E-state index in [0.29, 0.717) is 29.2 Å². The van der Waals surface area contributed by atoms with Crippen LogP contribution in [-0.2, 0) is 5.41 Å². The number of para-hydroxylation sites is 1. The van der Waals surface area contributed by atoms with Crippen molar-refractivity contribution in [2.24, 2.45) is 0 Å². The van der Waals surface area contributed by atoms with E-state index >= 15 is 0 Å². The Hall–Kier alpha value is -3.88. The lowest BCUT2D eigenvalue weighted by Crippen LogP contribution is -2.29. The van der Waals surface area contributed by atoms with Crippen molar-refractivity contribution in [3.8, 4) is 11.3 Å². The second-order valence-corrected chi connectivity index (χ2v) is 7.50. The molecule has 0 aliphatic carbocycles. The van der Waals surface area contributed by atoms with Crippen LogP contribution in [0.5, 0.6) is 0 Å². The monoisotopic (exact) mass is 402 g/mol. The van der Waals surface area contributed by atoms with Crippen LogP contribution in [0.4, 0.5) is 11.8 Å². The molecule has 0 atom stereocenters. The van der Waals surface area contributed by atoms with E-state index in [4.69, 9.17) is 0 Å². The van der Waals surface area contributed by atoms with E-state index in [2.05, 4.69) is 54.4 Å². The molecular weight excluding hydrogens is 380 g/mol. The zero-order valence-electron chi connectivity index (χ0n) is 17.0. The molecule has 0 spiro atoms. The topological polar surface area (TPSA) is 121 Å². The number of fused-ring (bicyclic) bond motifs is 1. The molecule has 9 heteroatoms. The van der Waals surface area contributed by atoms with Gasteiger partial charge in [0.2, 0.25) is 5.95 Å². The average molecular weight is 402 g/mol. The molecule has 0 radical (unpaired) electrons. The van der Waals surface area contributed by atoms with Crippen LogP contribution < -0.4 is 16.2 Å². The smallest absolute Gasteiger partial charge is 0.258 e. The standard InChI is InChI=1S/C21H22N8O/c1-21(2,15-6-4-5-14-18(15)28-12-29-19(14)30)10-25-17-7-16(26-11-27-17)13-8-23-20(22-3)24-9-13/h4-9,11-12H,10H2,1-3H3,(H,22,23,24)(H,25,26,27)(H,28,29,30). The summed E-state index contributed by atoms with van der Waals surface area (Å²) in [6.07, 6.45) is 6.38. The van der Waals surface area contributed by atoms with Crippen LogP contribution in [0.15, 0.2) is 54.1 Å². The van der Waals surface area contributed by atoms with Crippen LogP contribution in [0, 0.1) is 0 Å². The van der Waals surface area contributed by atoms with Gasteiger partial charge in [-0.05, 0) is 11.6 Å². The van der Waals surface area contributed by atoms with E-state index in [0.717, 1.165) is 16.8 Å². The van der Waals surface area contributed by atoms with E-state index < -0.39 is 0 Å². The summed E-state index contributed by atoms with van der Waals surface area (Å²) in [5, 5.41) is 6.85. The Balaban J connectivity index is 1.57. The van der Waals surface area contributed by atoms with Crippen LogP contribution in [-0.4, -0.2) is 43.5 Å². The van der Waals surface area contributed by atoms with Crippen molar-refractivity contribution in [1.29, 1.82) is 0 Å². The average Bonchev–Trinajstić information content (AvgIpc) is 2.78. The Morgan fingerprint density at radius 3 is 2.63 bits per heavy atom.